The van der Waals surface area contributed by atoms with E-state index in [1.165, 1.54) is 12.4 Å². The molecule has 3 aliphatic heterocycles. The highest BCUT2D eigenvalue weighted by Crippen LogP contribution is 2.36. The number of carbonyl (C=O) groups excluding carboxylic acids is 6. The summed E-state index contributed by atoms with van der Waals surface area (Å²) in [5, 5.41) is 23.7. The number of carbonyl (C=O) groups is 6. The lowest BCUT2D eigenvalue weighted by molar-refractivity contribution is -0.136. The number of benzene rings is 3. The number of nitrogens with zero attached hydrogens (tertiary/aromatic N) is 8. The number of piperidine rings is 2. The van der Waals surface area contributed by atoms with Gasteiger partial charge in [0.05, 0.1) is 68.7 Å². The number of fused-ring (bicyclic) bond motifs is 2. The van der Waals surface area contributed by atoms with Gasteiger partial charge in [-0.15, -0.1) is 0 Å². The molecule has 3 aliphatic rings. The number of imide groups is 2. The maximum atomic E-state index is 14.0. The summed E-state index contributed by atoms with van der Waals surface area (Å²) in [6, 6.07) is 22.5. The molecular formula is C53H60N12O10. The van der Waals surface area contributed by atoms with Gasteiger partial charge in [0, 0.05) is 49.4 Å². The van der Waals surface area contributed by atoms with Crippen molar-refractivity contribution < 1.29 is 47.7 Å². The fourth-order valence-electron chi connectivity index (χ4n) is 9.07. The molecule has 392 valence electrons. The van der Waals surface area contributed by atoms with Gasteiger partial charge in [0.25, 0.3) is 17.7 Å². The van der Waals surface area contributed by atoms with E-state index in [1.54, 1.807) is 23.1 Å². The molecule has 0 spiro atoms. The van der Waals surface area contributed by atoms with Gasteiger partial charge in [-0.25, -0.2) is 14.6 Å². The third-order valence-electron chi connectivity index (χ3n) is 13.3. The minimum Gasteiger partial charge on any atom is -0.457 e. The molecule has 2 saturated heterocycles. The van der Waals surface area contributed by atoms with E-state index in [4.69, 9.17) is 29.8 Å². The van der Waals surface area contributed by atoms with Crippen molar-refractivity contribution in [2.24, 2.45) is 0 Å². The second-order valence-corrected chi connectivity index (χ2v) is 18.7. The lowest BCUT2D eigenvalue weighted by atomic mass is 9.98. The summed E-state index contributed by atoms with van der Waals surface area (Å²) in [5.41, 5.74) is 8.25. The van der Waals surface area contributed by atoms with Gasteiger partial charge in [-0.05, 0) is 94.8 Å². The molecule has 5 heterocycles. The number of para-hydroxylation sites is 1. The Labute approximate surface area is 433 Å². The van der Waals surface area contributed by atoms with Gasteiger partial charge in [0.1, 0.15) is 47.0 Å². The first-order valence-corrected chi connectivity index (χ1v) is 24.8. The van der Waals surface area contributed by atoms with Crippen LogP contribution in [0, 0.1) is 11.3 Å². The van der Waals surface area contributed by atoms with Gasteiger partial charge in [-0.2, -0.15) is 10.4 Å². The molecule has 6 amide bonds. The second kappa shape index (κ2) is 24.3. The highest BCUT2D eigenvalue weighted by Gasteiger charge is 2.45. The van der Waals surface area contributed by atoms with Crippen LogP contribution in [0.4, 0.5) is 11.5 Å². The van der Waals surface area contributed by atoms with Crippen molar-refractivity contribution in [2.45, 2.75) is 57.2 Å². The van der Waals surface area contributed by atoms with Crippen LogP contribution in [0.15, 0.2) is 90.8 Å². The fourth-order valence-corrected chi connectivity index (χ4v) is 9.07. The summed E-state index contributed by atoms with van der Waals surface area (Å²) in [5.74, 6) is -1.50. The zero-order chi connectivity index (χ0) is 53.1. The standard InChI is InChI=1S/C53H60N12O10/c1-53(2,29-35(30-54)50(69)63-21-8-9-36(32-63)65-48-45(47(55)58-33-59-48)46(61-65)34-14-16-38(17-15-34)75-37-10-5-4-6-11-37)62(3)22-24-73-26-28-74-27-25-72-23-20-56-43(67)31-57-40-13-7-12-39-44(40)52(71)64(51(39)70)41-18-19-42(66)60-49(41)68/h4-7,10-17,29,33,36,41,57H,8-9,18-28,31-32H2,1-3H3,(H,56,67)(H2,55,58,59)(H,60,66,68)/t36-,41?/m1/s1. The predicted octanol–water partition coefficient (Wildman–Crippen LogP) is 3.87. The van der Waals surface area contributed by atoms with Crippen LogP contribution < -0.4 is 26.4 Å². The first-order valence-electron chi connectivity index (χ1n) is 24.8. The summed E-state index contributed by atoms with van der Waals surface area (Å²) in [6.07, 6.45) is 4.60. The van der Waals surface area contributed by atoms with Crippen LogP contribution in [0.25, 0.3) is 22.3 Å². The normalized spacial score (nSPS) is 17.0. The first-order chi connectivity index (χ1) is 36.2. The Morgan fingerprint density at radius 1 is 0.907 bits per heavy atom. The Morgan fingerprint density at radius 3 is 2.36 bits per heavy atom. The van der Waals surface area contributed by atoms with E-state index in [0.29, 0.717) is 80.8 Å². The molecule has 5 aromatic rings. The van der Waals surface area contributed by atoms with Crippen molar-refractivity contribution in [2.75, 3.05) is 90.5 Å². The van der Waals surface area contributed by atoms with Crippen LogP contribution in [0.1, 0.15) is 66.3 Å². The lowest BCUT2D eigenvalue weighted by Gasteiger charge is -2.35. The minimum absolute atomic E-state index is 0.0111. The SMILES string of the molecule is CN(CCOCCOCCOCCNC(=O)CNc1cccc2c1C(=O)N(C1CCC(=O)NC1=O)C2=O)C(C)(C)C=C(C#N)C(=O)N1CCC[C@@H](n2nc(-c3ccc(Oc4ccccc4)cc3)c3c(N)ncnc32)C1. The molecule has 0 aliphatic carbocycles. The Morgan fingerprint density at radius 2 is 1.63 bits per heavy atom. The smallest absolute Gasteiger partial charge is 0.264 e. The van der Waals surface area contributed by atoms with Gasteiger partial charge in [-0.1, -0.05) is 24.3 Å². The molecule has 22 nitrogen and oxygen atoms in total. The second-order valence-electron chi connectivity index (χ2n) is 18.7. The van der Waals surface area contributed by atoms with E-state index >= 15 is 0 Å². The quantitative estimate of drug-likeness (QED) is 0.0313. The van der Waals surface area contributed by atoms with E-state index in [0.717, 1.165) is 22.6 Å². The first kappa shape index (κ1) is 53.2. The number of nitrogens with two attached hydrogens (primary N) is 1. The van der Waals surface area contributed by atoms with E-state index < -0.39 is 35.2 Å². The zero-order valence-corrected chi connectivity index (χ0v) is 42.1. The summed E-state index contributed by atoms with van der Waals surface area (Å²) < 4.78 is 24.8. The van der Waals surface area contributed by atoms with E-state index in [-0.39, 0.29) is 79.4 Å². The third-order valence-corrected chi connectivity index (χ3v) is 13.3. The van der Waals surface area contributed by atoms with Gasteiger partial charge in [0.2, 0.25) is 17.7 Å². The topological polar surface area (TPSA) is 279 Å². The van der Waals surface area contributed by atoms with E-state index in [2.05, 4.69) is 32.0 Å². The highest BCUT2D eigenvalue weighted by molar-refractivity contribution is 6.25. The maximum absolute atomic E-state index is 14.0. The van der Waals surface area contributed by atoms with Crippen molar-refractivity contribution in [1.29, 1.82) is 5.26 Å². The minimum atomic E-state index is -1.09. The number of amides is 6. The predicted molar refractivity (Wildman–Crippen MR) is 274 cm³/mol. The summed E-state index contributed by atoms with van der Waals surface area (Å²) in [4.78, 5) is 90.3. The Hall–Kier alpha value is -8.10. The number of nitrogen functional groups attached to an aromatic ring is 1. The summed E-state index contributed by atoms with van der Waals surface area (Å²) in [6.45, 7) is 7.13. The van der Waals surface area contributed by atoms with Crippen LogP contribution in [-0.4, -0.2) is 161 Å². The molecule has 2 fully saturated rings. The number of nitrogens with one attached hydrogen (secondary N) is 3. The monoisotopic (exact) mass is 1020 g/mol. The lowest BCUT2D eigenvalue weighted by Crippen LogP contribution is -2.54. The van der Waals surface area contributed by atoms with Crippen molar-refractivity contribution in [3.05, 3.63) is 102 Å². The van der Waals surface area contributed by atoms with Crippen molar-refractivity contribution in [1.82, 2.24) is 45.1 Å². The van der Waals surface area contributed by atoms with Gasteiger partial charge in [-0.3, -0.25) is 43.9 Å². The fraction of sp³-hybridized carbons (Fsp3) is 0.396. The largest absolute Gasteiger partial charge is 0.457 e. The number of anilines is 2. The van der Waals surface area contributed by atoms with Crippen LogP contribution in [0.3, 0.4) is 0 Å². The highest BCUT2D eigenvalue weighted by atomic mass is 16.5. The Kier molecular flexibility index (Phi) is 17.2. The molecular weight excluding hydrogens is 965 g/mol. The molecule has 0 saturated carbocycles. The van der Waals surface area contributed by atoms with E-state index in [1.807, 2.05) is 85.1 Å². The molecule has 22 heteroatoms. The zero-order valence-electron chi connectivity index (χ0n) is 42.1. The summed E-state index contributed by atoms with van der Waals surface area (Å²) >= 11 is 0. The number of likely N-dealkylation sites (tertiary alicyclic amines) is 1. The van der Waals surface area contributed by atoms with E-state index in [9.17, 15) is 34.0 Å². The number of nitriles is 1. The number of rotatable bonds is 23. The van der Waals surface area contributed by atoms with Crippen LogP contribution >= 0.6 is 0 Å². The molecule has 0 radical (unpaired) electrons. The van der Waals surface area contributed by atoms with Gasteiger partial charge < -0.3 is 40.2 Å². The van der Waals surface area contributed by atoms with Crippen molar-refractivity contribution in [3.63, 3.8) is 0 Å². The number of hydrogen-bond acceptors (Lipinski definition) is 17. The molecule has 0 bridgehead atoms. The van der Waals surface area contributed by atoms with Crippen molar-refractivity contribution in [3.8, 4) is 28.8 Å². The van der Waals surface area contributed by atoms with Crippen LogP contribution in [0.5, 0.6) is 11.5 Å². The average Bonchev–Trinajstić information content (AvgIpc) is 3.94. The Balaban J connectivity index is 0.718. The molecule has 75 heavy (non-hydrogen) atoms. The van der Waals surface area contributed by atoms with Crippen LogP contribution in [-0.2, 0) is 33.4 Å². The van der Waals surface area contributed by atoms with Gasteiger partial charge in [0.15, 0.2) is 5.65 Å². The maximum Gasteiger partial charge on any atom is 0.264 e. The van der Waals surface area contributed by atoms with Crippen LogP contribution in [0.2, 0.25) is 0 Å². The number of aromatic nitrogens is 4. The molecule has 8 rings (SSSR count). The average molecular weight is 1030 g/mol. The Bertz CT molecular complexity index is 2990. The number of ether oxygens (including phenoxy) is 4. The molecule has 5 N–H and O–H groups in total. The number of hydrogen-bond donors (Lipinski definition) is 4. The van der Waals surface area contributed by atoms with Gasteiger partial charge >= 0.3 is 0 Å². The molecule has 1 unspecified atom stereocenters. The number of likely N-dealkylation sites (N-methyl/N-ethyl adjacent to an activating group) is 1. The summed E-state index contributed by atoms with van der Waals surface area (Å²) in [7, 11) is 1.90. The van der Waals surface area contributed by atoms with Crippen molar-refractivity contribution >= 4 is 58.0 Å². The molecule has 2 aromatic heterocycles. The molecule has 3 aromatic carbocycles. The molecule has 2 atom stereocenters. The third kappa shape index (κ3) is 12.6.